The molecule has 0 aromatic heterocycles. The number of carbonyl (C=O) groups excluding carboxylic acids is 2. The predicted molar refractivity (Wildman–Crippen MR) is 125 cm³/mol. The fourth-order valence-electron chi connectivity index (χ4n) is 7.71. The van der Waals surface area contributed by atoms with Crippen LogP contribution in [0.15, 0.2) is 11.6 Å². The van der Waals surface area contributed by atoms with Gasteiger partial charge in [0.15, 0.2) is 5.78 Å². The van der Waals surface area contributed by atoms with Crippen LogP contribution in [0.4, 0.5) is 0 Å². The topological polar surface area (TPSA) is 63.6 Å². The Morgan fingerprint density at radius 3 is 2.69 bits per heavy atom. The maximum atomic E-state index is 12.0. The highest BCUT2D eigenvalue weighted by molar-refractivity contribution is 5.91. The van der Waals surface area contributed by atoms with Gasteiger partial charge in [0.2, 0.25) is 0 Å². The van der Waals surface area contributed by atoms with Crippen LogP contribution in [0.5, 0.6) is 0 Å². The van der Waals surface area contributed by atoms with E-state index < -0.39 is 5.60 Å². The lowest BCUT2D eigenvalue weighted by Gasteiger charge is -2.58. The molecule has 3 fully saturated rings. The second-order valence-corrected chi connectivity index (χ2v) is 11.1. The molecule has 0 aromatic carbocycles. The summed E-state index contributed by atoms with van der Waals surface area (Å²) in [5.74, 6) is 8.52. The molecule has 0 spiro atoms. The summed E-state index contributed by atoms with van der Waals surface area (Å²) in [6, 6.07) is 0. The van der Waals surface area contributed by atoms with Crippen LogP contribution in [0.2, 0.25) is 0 Å². The van der Waals surface area contributed by atoms with E-state index >= 15 is 0 Å². The van der Waals surface area contributed by atoms with Crippen molar-refractivity contribution in [2.24, 2.45) is 28.6 Å². The number of esters is 1. The Labute approximate surface area is 193 Å². The molecule has 0 heterocycles. The van der Waals surface area contributed by atoms with Crippen molar-refractivity contribution in [3.05, 3.63) is 11.6 Å². The number of allylic oxidation sites excluding steroid dienone is 1. The van der Waals surface area contributed by atoms with Gasteiger partial charge in [0.1, 0.15) is 5.60 Å². The lowest BCUT2D eigenvalue weighted by atomic mass is 9.46. The Morgan fingerprint density at radius 2 is 1.91 bits per heavy atom. The summed E-state index contributed by atoms with van der Waals surface area (Å²) in [4.78, 5) is 23.5. The minimum atomic E-state index is -0.899. The Balaban J connectivity index is 1.41. The molecule has 4 aliphatic carbocycles. The van der Waals surface area contributed by atoms with E-state index in [0.717, 1.165) is 64.2 Å². The number of rotatable bonds is 5. The molecule has 4 aliphatic rings. The first-order chi connectivity index (χ1) is 15.2. The van der Waals surface area contributed by atoms with Gasteiger partial charge in [0.25, 0.3) is 0 Å². The van der Waals surface area contributed by atoms with Crippen molar-refractivity contribution >= 4 is 11.8 Å². The summed E-state index contributed by atoms with van der Waals surface area (Å²) in [6.07, 6.45) is 12.6. The molecule has 4 nitrogen and oxygen atoms in total. The van der Waals surface area contributed by atoms with Gasteiger partial charge in [-0.1, -0.05) is 25.3 Å². The summed E-state index contributed by atoms with van der Waals surface area (Å²) in [7, 11) is 0. The van der Waals surface area contributed by atoms with Crippen molar-refractivity contribution in [2.45, 2.75) is 103 Å². The monoisotopic (exact) mass is 440 g/mol. The first-order valence-corrected chi connectivity index (χ1v) is 12.9. The molecule has 3 saturated carbocycles. The van der Waals surface area contributed by atoms with Crippen molar-refractivity contribution in [3.8, 4) is 11.8 Å². The Hall–Kier alpha value is -1.60. The summed E-state index contributed by atoms with van der Waals surface area (Å²) >= 11 is 0. The number of carbonyl (C=O) groups is 2. The predicted octanol–water partition coefficient (Wildman–Crippen LogP) is 5.38. The van der Waals surface area contributed by atoms with Crippen molar-refractivity contribution in [2.75, 3.05) is 6.61 Å². The SMILES string of the molecule is CCOC(=O)CCCCC#C[C@]1(O)CCC2C3CCC4=CC(=O)CC[C@]4(C)C3CC[C@@]21C. The summed E-state index contributed by atoms with van der Waals surface area (Å²) in [5, 5.41) is 11.7. The van der Waals surface area contributed by atoms with Crippen LogP contribution in [0.1, 0.15) is 97.8 Å². The minimum absolute atomic E-state index is 0.136. The largest absolute Gasteiger partial charge is 0.466 e. The third kappa shape index (κ3) is 3.96. The molecule has 3 unspecified atom stereocenters. The van der Waals surface area contributed by atoms with Crippen molar-refractivity contribution in [1.29, 1.82) is 0 Å². The van der Waals surface area contributed by atoms with Crippen LogP contribution in [0.25, 0.3) is 0 Å². The van der Waals surface area contributed by atoms with Crippen LogP contribution in [0.3, 0.4) is 0 Å². The highest BCUT2D eigenvalue weighted by atomic mass is 16.5. The molecule has 4 rings (SSSR count). The van der Waals surface area contributed by atoms with Crippen LogP contribution in [-0.2, 0) is 14.3 Å². The molecule has 0 amide bonds. The van der Waals surface area contributed by atoms with Crippen molar-refractivity contribution < 1.29 is 19.4 Å². The maximum Gasteiger partial charge on any atom is 0.305 e. The van der Waals surface area contributed by atoms with E-state index in [4.69, 9.17) is 4.74 Å². The van der Waals surface area contributed by atoms with E-state index in [0.29, 0.717) is 43.0 Å². The van der Waals surface area contributed by atoms with Gasteiger partial charge in [0.05, 0.1) is 6.61 Å². The lowest BCUT2D eigenvalue weighted by Crippen LogP contribution is -2.54. The number of fused-ring (bicyclic) bond motifs is 5. The molecule has 0 radical (unpaired) electrons. The highest BCUT2D eigenvalue weighted by Gasteiger charge is 2.63. The van der Waals surface area contributed by atoms with Crippen LogP contribution in [-0.4, -0.2) is 29.1 Å². The maximum absolute atomic E-state index is 12.0. The van der Waals surface area contributed by atoms with Gasteiger partial charge in [-0.2, -0.15) is 0 Å². The smallest absolute Gasteiger partial charge is 0.305 e. The molecule has 176 valence electrons. The highest BCUT2D eigenvalue weighted by Crippen LogP contribution is 2.67. The third-order valence-corrected chi connectivity index (χ3v) is 9.65. The summed E-state index contributed by atoms with van der Waals surface area (Å²) in [6.45, 7) is 6.95. The van der Waals surface area contributed by atoms with E-state index in [1.807, 2.05) is 13.0 Å². The molecule has 0 saturated heterocycles. The van der Waals surface area contributed by atoms with E-state index in [2.05, 4.69) is 25.7 Å². The number of hydrogen-bond acceptors (Lipinski definition) is 4. The Kier molecular flexibility index (Phi) is 6.61. The van der Waals surface area contributed by atoms with Crippen LogP contribution < -0.4 is 0 Å². The zero-order valence-corrected chi connectivity index (χ0v) is 20.2. The third-order valence-electron chi connectivity index (χ3n) is 9.65. The standard InChI is InChI=1S/C28H40O4/c1-4-32-25(30)9-7-5-6-8-15-28(31)18-14-24-22-11-10-20-19-21(29)12-16-26(20,2)23(22)13-17-27(24,28)3/h19,22-24,31H,4-7,9-14,16-18H2,1-3H3/t22?,23?,24?,26-,27-,28-/m0/s1. The fourth-order valence-corrected chi connectivity index (χ4v) is 7.71. The lowest BCUT2D eigenvalue weighted by molar-refractivity contribution is -0.143. The second-order valence-electron chi connectivity index (χ2n) is 11.1. The van der Waals surface area contributed by atoms with Crippen molar-refractivity contribution in [1.82, 2.24) is 0 Å². The summed E-state index contributed by atoms with van der Waals surface area (Å²) in [5.41, 5.74) is 0.524. The molecule has 1 N–H and O–H groups in total. The van der Waals surface area contributed by atoms with Crippen molar-refractivity contribution in [3.63, 3.8) is 0 Å². The zero-order valence-electron chi connectivity index (χ0n) is 20.2. The molecule has 0 aliphatic heterocycles. The van der Waals surface area contributed by atoms with Crippen LogP contribution in [0, 0.1) is 40.4 Å². The first-order valence-electron chi connectivity index (χ1n) is 12.9. The molecular formula is C28H40O4. The van der Waals surface area contributed by atoms with E-state index in [1.165, 1.54) is 5.57 Å². The molecule has 32 heavy (non-hydrogen) atoms. The quantitative estimate of drug-likeness (QED) is 0.354. The summed E-state index contributed by atoms with van der Waals surface area (Å²) < 4.78 is 4.97. The van der Waals surface area contributed by atoms with Gasteiger partial charge in [-0.05, 0) is 94.0 Å². The Bertz CT molecular complexity index is 847. The normalized spacial score (nSPS) is 40.3. The van der Waals surface area contributed by atoms with Gasteiger partial charge in [-0.25, -0.2) is 0 Å². The van der Waals surface area contributed by atoms with E-state index in [-0.39, 0.29) is 16.8 Å². The first kappa shape index (κ1) is 23.6. The van der Waals surface area contributed by atoms with Gasteiger partial charge in [0, 0.05) is 24.7 Å². The second kappa shape index (κ2) is 8.98. The average molecular weight is 441 g/mol. The number of ether oxygens (including phenoxy) is 1. The van der Waals surface area contributed by atoms with Gasteiger partial charge in [-0.15, -0.1) is 5.92 Å². The van der Waals surface area contributed by atoms with E-state index in [9.17, 15) is 14.7 Å². The van der Waals surface area contributed by atoms with Gasteiger partial charge in [-0.3, -0.25) is 9.59 Å². The number of aliphatic hydroxyl groups is 1. The van der Waals surface area contributed by atoms with Crippen LogP contribution >= 0.6 is 0 Å². The fraction of sp³-hybridized carbons (Fsp3) is 0.786. The number of hydrogen-bond donors (Lipinski definition) is 1. The minimum Gasteiger partial charge on any atom is -0.466 e. The average Bonchev–Trinajstić information content (AvgIpc) is 3.02. The molecule has 6 atom stereocenters. The Morgan fingerprint density at radius 1 is 1.12 bits per heavy atom. The molecular weight excluding hydrogens is 400 g/mol. The van der Waals surface area contributed by atoms with Gasteiger partial charge >= 0.3 is 5.97 Å². The molecule has 4 heteroatoms. The van der Waals surface area contributed by atoms with E-state index in [1.54, 1.807) is 0 Å². The number of unbranched alkanes of at least 4 members (excludes halogenated alkanes) is 2. The molecule has 0 aromatic rings. The van der Waals surface area contributed by atoms with Gasteiger partial charge < -0.3 is 9.84 Å². The number of ketones is 1. The zero-order chi connectivity index (χ0) is 23.0. The molecule has 0 bridgehead atoms.